The summed E-state index contributed by atoms with van der Waals surface area (Å²) in [6, 6.07) is 2.58. The average molecular weight is 350 g/mol. The maximum Gasteiger partial charge on any atom is 0.169 e. The largest absolute Gasteiger partial charge is 0.371 e. The Balaban J connectivity index is 2.45. The van der Waals surface area contributed by atoms with Gasteiger partial charge in [0, 0.05) is 17.6 Å². The van der Waals surface area contributed by atoms with E-state index in [9.17, 15) is 17.6 Å². The van der Waals surface area contributed by atoms with Crippen LogP contribution in [0.3, 0.4) is 0 Å². The molecule has 0 aliphatic rings. The molecule has 106 valence electrons. The molecule has 0 aliphatic heterocycles. The third kappa shape index (κ3) is 2.84. The molecule has 0 radical (unpaired) electrons. The van der Waals surface area contributed by atoms with Crippen LogP contribution in [0.1, 0.15) is 0 Å². The first kappa shape index (κ1) is 14.6. The highest BCUT2D eigenvalue weighted by atomic mass is 79.9. The lowest BCUT2D eigenvalue weighted by Gasteiger charge is -2.11. The molecule has 0 saturated heterocycles. The molecule has 0 aliphatic carbocycles. The summed E-state index contributed by atoms with van der Waals surface area (Å²) in [6.07, 6.45) is 0. The van der Waals surface area contributed by atoms with Crippen molar-refractivity contribution in [1.82, 2.24) is 4.98 Å². The Kier molecular flexibility index (Phi) is 4.12. The number of nitrogens with one attached hydrogen (secondary N) is 2. The molecule has 1 aromatic heterocycles. The summed E-state index contributed by atoms with van der Waals surface area (Å²) in [5, 5.41) is 4.57. The molecule has 0 amide bonds. The lowest BCUT2D eigenvalue weighted by molar-refractivity contribution is 0.576. The van der Waals surface area contributed by atoms with E-state index in [1.165, 1.54) is 7.05 Å². The number of hydrogen-bond donors (Lipinski definition) is 2. The molecule has 3 nitrogen and oxygen atoms in total. The van der Waals surface area contributed by atoms with Gasteiger partial charge in [0.2, 0.25) is 0 Å². The van der Waals surface area contributed by atoms with Crippen molar-refractivity contribution >= 4 is 33.3 Å². The highest BCUT2D eigenvalue weighted by Crippen LogP contribution is 2.28. The first-order valence-corrected chi connectivity index (χ1v) is 6.17. The highest BCUT2D eigenvalue weighted by molar-refractivity contribution is 9.10. The Bertz CT molecular complexity index is 640. The summed E-state index contributed by atoms with van der Waals surface area (Å²) in [4.78, 5) is 3.57. The zero-order chi connectivity index (χ0) is 14.9. The van der Waals surface area contributed by atoms with Gasteiger partial charge in [0.15, 0.2) is 34.9 Å². The fraction of sp³-hybridized carbons (Fsp3) is 0.0833. The number of anilines is 3. The fourth-order valence-corrected chi connectivity index (χ4v) is 1.91. The van der Waals surface area contributed by atoms with E-state index in [1.807, 2.05) is 0 Å². The molecule has 0 unspecified atom stereocenters. The number of halogens is 5. The smallest absolute Gasteiger partial charge is 0.169 e. The summed E-state index contributed by atoms with van der Waals surface area (Å²) in [7, 11) is 1.38. The second-order valence-corrected chi connectivity index (χ2v) is 4.68. The van der Waals surface area contributed by atoms with Gasteiger partial charge in [-0.1, -0.05) is 15.9 Å². The number of benzene rings is 1. The van der Waals surface area contributed by atoms with Gasteiger partial charge in [0.1, 0.15) is 5.69 Å². The van der Waals surface area contributed by atoms with Crippen LogP contribution in [0.5, 0.6) is 0 Å². The van der Waals surface area contributed by atoms with Crippen molar-refractivity contribution in [2.45, 2.75) is 0 Å². The van der Waals surface area contributed by atoms with E-state index >= 15 is 0 Å². The van der Waals surface area contributed by atoms with E-state index in [2.05, 4.69) is 31.5 Å². The van der Waals surface area contributed by atoms with E-state index in [0.29, 0.717) is 6.07 Å². The van der Waals surface area contributed by atoms with Crippen LogP contribution in [0, 0.1) is 23.3 Å². The zero-order valence-electron chi connectivity index (χ0n) is 10.1. The molecule has 0 fully saturated rings. The lowest BCUT2D eigenvalue weighted by atomic mass is 10.3. The van der Waals surface area contributed by atoms with Gasteiger partial charge in [-0.15, -0.1) is 0 Å². The van der Waals surface area contributed by atoms with Gasteiger partial charge in [0.05, 0.1) is 0 Å². The van der Waals surface area contributed by atoms with Crippen molar-refractivity contribution in [2.75, 3.05) is 17.7 Å². The van der Waals surface area contributed by atoms with E-state index in [1.54, 1.807) is 0 Å². The Morgan fingerprint density at radius 1 is 0.900 bits per heavy atom. The highest BCUT2D eigenvalue weighted by Gasteiger charge is 2.16. The minimum atomic E-state index is -1.07. The van der Waals surface area contributed by atoms with Gasteiger partial charge in [-0.3, -0.25) is 0 Å². The molecule has 2 rings (SSSR count). The van der Waals surface area contributed by atoms with E-state index in [-0.39, 0.29) is 10.3 Å². The summed E-state index contributed by atoms with van der Waals surface area (Å²) >= 11 is 2.92. The third-order valence-electron chi connectivity index (χ3n) is 2.42. The van der Waals surface area contributed by atoms with Crippen molar-refractivity contribution in [3.8, 4) is 0 Å². The maximum absolute atomic E-state index is 13.6. The number of nitrogens with zero attached hydrogens (tertiary/aromatic N) is 1. The van der Waals surface area contributed by atoms with Crippen LogP contribution in [-0.2, 0) is 0 Å². The fourth-order valence-electron chi connectivity index (χ4n) is 1.51. The molecule has 20 heavy (non-hydrogen) atoms. The molecule has 8 heteroatoms. The van der Waals surface area contributed by atoms with Gasteiger partial charge in [0.25, 0.3) is 0 Å². The van der Waals surface area contributed by atoms with Gasteiger partial charge in [-0.25, -0.2) is 22.5 Å². The van der Waals surface area contributed by atoms with Crippen LogP contribution in [0.25, 0.3) is 0 Å². The molecule has 0 bridgehead atoms. The lowest BCUT2D eigenvalue weighted by Crippen LogP contribution is -2.05. The maximum atomic E-state index is 13.6. The molecular weight excluding hydrogens is 342 g/mol. The molecule has 2 aromatic rings. The van der Waals surface area contributed by atoms with Crippen LogP contribution in [0.15, 0.2) is 22.7 Å². The van der Waals surface area contributed by atoms with Crippen molar-refractivity contribution in [3.05, 3.63) is 45.9 Å². The Morgan fingerprint density at radius 3 is 2.00 bits per heavy atom. The first-order chi connectivity index (χ1) is 9.42. The van der Waals surface area contributed by atoms with Crippen molar-refractivity contribution in [1.29, 1.82) is 0 Å². The zero-order valence-corrected chi connectivity index (χ0v) is 11.7. The van der Waals surface area contributed by atoms with Crippen LogP contribution < -0.4 is 10.6 Å². The topological polar surface area (TPSA) is 37.0 Å². The normalized spacial score (nSPS) is 10.5. The van der Waals surface area contributed by atoms with Crippen LogP contribution in [0.2, 0.25) is 0 Å². The molecule has 0 saturated carbocycles. The third-order valence-corrected chi connectivity index (χ3v) is 2.87. The standard InChI is InChI=1S/C12H8BrF4N3/c1-18-11-8(16)4-9(17)12(20-11)19-10-6(14)2-5(13)3-7(10)15/h2-4H,1H3,(H2,18,19,20). The first-order valence-electron chi connectivity index (χ1n) is 5.37. The van der Waals surface area contributed by atoms with E-state index in [4.69, 9.17) is 0 Å². The molecule has 1 heterocycles. The number of aromatic nitrogens is 1. The summed E-state index contributed by atoms with van der Waals surface area (Å²) in [5.74, 6) is -4.58. The second kappa shape index (κ2) is 5.66. The minimum absolute atomic E-state index is 0.196. The summed E-state index contributed by atoms with van der Waals surface area (Å²) in [5.41, 5.74) is -0.576. The predicted octanol–water partition coefficient (Wildman–Crippen LogP) is 4.19. The monoisotopic (exact) mass is 349 g/mol. The Labute approximate surface area is 120 Å². The molecule has 2 N–H and O–H groups in total. The number of hydrogen-bond acceptors (Lipinski definition) is 3. The van der Waals surface area contributed by atoms with Crippen molar-refractivity contribution < 1.29 is 17.6 Å². The van der Waals surface area contributed by atoms with E-state index in [0.717, 1.165) is 12.1 Å². The average Bonchev–Trinajstić information content (AvgIpc) is 2.35. The molecule has 1 aromatic carbocycles. The summed E-state index contributed by atoms with van der Waals surface area (Å²) in [6.45, 7) is 0. The number of pyridine rings is 1. The Morgan fingerprint density at radius 2 is 1.45 bits per heavy atom. The molecule has 0 spiro atoms. The van der Waals surface area contributed by atoms with Gasteiger partial charge in [-0.2, -0.15) is 0 Å². The van der Waals surface area contributed by atoms with Gasteiger partial charge >= 0.3 is 0 Å². The minimum Gasteiger partial charge on any atom is -0.371 e. The number of rotatable bonds is 3. The summed E-state index contributed by atoms with van der Waals surface area (Å²) < 4.78 is 54.2. The van der Waals surface area contributed by atoms with Crippen molar-refractivity contribution in [2.24, 2.45) is 0 Å². The quantitative estimate of drug-likeness (QED) is 0.816. The van der Waals surface area contributed by atoms with Crippen LogP contribution in [0.4, 0.5) is 34.9 Å². The van der Waals surface area contributed by atoms with Crippen LogP contribution in [-0.4, -0.2) is 12.0 Å². The predicted molar refractivity (Wildman–Crippen MR) is 71.0 cm³/mol. The molecule has 0 atom stereocenters. The van der Waals surface area contributed by atoms with Crippen molar-refractivity contribution in [3.63, 3.8) is 0 Å². The van der Waals surface area contributed by atoms with Crippen LogP contribution >= 0.6 is 15.9 Å². The SMILES string of the molecule is CNc1nc(Nc2c(F)cc(Br)cc2F)c(F)cc1F. The molecular formula is C12H8BrF4N3. The second-order valence-electron chi connectivity index (χ2n) is 3.77. The van der Waals surface area contributed by atoms with Gasteiger partial charge in [-0.05, 0) is 12.1 Å². The Hall–Kier alpha value is -1.83. The van der Waals surface area contributed by atoms with Gasteiger partial charge < -0.3 is 10.6 Å². The van der Waals surface area contributed by atoms with E-state index < -0.39 is 34.8 Å².